The van der Waals surface area contributed by atoms with E-state index in [9.17, 15) is 9.59 Å². The monoisotopic (exact) mass is 524 g/mol. The van der Waals surface area contributed by atoms with Crippen molar-refractivity contribution in [3.8, 4) is 22.3 Å². The molecule has 2 aliphatic rings. The van der Waals surface area contributed by atoms with Gasteiger partial charge < -0.3 is 0 Å². The molecule has 0 amide bonds. The Morgan fingerprint density at radius 3 is 1.58 bits per heavy atom. The zero-order valence-corrected chi connectivity index (χ0v) is 21.2. The predicted octanol–water partition coefficient (Wildman–Crippen LogP) is 9.47. The minimum Gasteiger partial charge on any atom is -0.289 e. The van der Waals surface area contributed by atoms with Gasteiger partial charge in [0.2, 0.25) is 0 Å². The molecule has 0 aromatic heterocycles. The Labute approximate surface area is 226 Å². The van der Waals surface area contributed by atoms with Crippen molar-refractivity contribution in [2.75, 3.05) is 0 Å². The average molecular weight is 525 g/mol. The summed E-state index contributed by atoms with van der Waals surface area (Å²) in [5.41, 5.74) is 6.37. The van der Waals surface area contributed by atoms with Gasteiger partial charge in [0.25, 0.3) is 0 Å². The van der Waals surface area contributed by atoms with Gasteiger partial charge in [-0.2, -0.15) is 0 Å². The molecule has 2 nitrogen and oxygen atoms in total. The minimum absolute atomic E-state index is 0.0270. The van der Waals surface area contributed by atoms with Gasteiger partial charge in [-0.25, -0.2) is 0 Å². The Kier molecular flexibility index (Phi) is 3.71. The lowest BCUT2D eigenvalue weighted by atomic mass is 9.76. The van der Waals surface area contributed by atoms with Gasteiger partial charge in [-0.15, -0.1) is 0 Å². The SMILES string of the molecule is O=C1c2ccccc2-c2ccc3c4c(Cl)c(Cl)c5c6c(ccc(c7ccc1c2c73)c64)-c1ccccc1C5=O. The molecule has 4 heteroatoms. The normalized spacial score (nSPS) is 13.6. The number of rotatable bonds is 0. The molecule has 7 aromatic rings. The van der Waals surface area contributed by atoms with Gasteiger partial charge in [-0.3, -0.25) is 9.59 Å². The van der Waals surface area contributed by atoms with E-state index in [0.717, 1.165) is 70.9 Å². The highest BCUT2D eigenvalue weighted by Crippen LogP contribution is 2.54. The number of fused-ring (bicyclic) bond motifs is 6. The van der Waals surface area contributed by atoms with Crippen LogP contribution in [0.5, 0.6) is 0 Å². The van der Waals surface area contributed by atoms with Gasteiger partial charge >= 0.3 is 0 Å². The third-order valence-corrected chi connectivity index (χ3v) is 9.31. The molecule has 0 N–H and O–H groups in total. The van der Waals surface area contributed by atoms with Crippen molar-refractivity contribution in [3.05, 3.63) is 117 Å². The molecule has 0 spiro atoms. The lowest BCUT2D eigenvalue weighted by molar-refractivity contribution is 0.103. The number of halogens is 2. The Balaban J connectivity index is 1.57. The summed E-state index contributed by atoms with van der Waals surface area (Å²) in [6.07, 6.45) is 0. The van der Waals surface area contributed by atoms with Crippen LogP contribution < -0.4 is 0 Å². The standard InChI is InChI=1S/C34H14Cl2O2/c35-31-29-23-13-11-17-15-5-1-3-7-21(15)33(37)24-14-12-19(25(23)26(17)24)20-10-9-18-16-6-2-4-8-22(16)34(38)30(32(31)36)28(18)27(20)29/h1-14H. The molecule has 0 radical (unpaired) electrons. The second-order valence-corrected chi connectivity index (χ2v) is 10.9. The first-order chi connectivity index (χ1) is 18.6. The first-order valence-electron chi connectivity index (χ1n) is 12.4. The molecule has 0 bridgehead atoms. The molecule has 0 fully saturated rings. The lowest BCUT2D eigenvalue weighted by Crippen LogP contribution is -2.12. The molecule has 0 unspecified atom stereocenters. The zero-order chi connectivity index (χ0) is 25.4. The maximum absolute atomic E-state index is 13.7. The van der Waals surface area contributed by atoms with Crippen molar-refractivity contribution in [1.82, 2.24) is 0 Å². The van der Waals surface area contributed by atoms with Crippen molar-refractivity contribution in [3.63, 3.8) is 0 Å². The average Bonchev–Trinajstić information content (AvgIpc) is 2.96. The van der Waals surface area contributed by atoms with Crippen LogP contribution in [0.1, 0.15) is 31.8 Å². The molecular weight excluding hydrogens is 511 g/mol. The van der Waals surface area contributed by atoms with E-state index in [0.29, 0.717) is 21.7 Å². The van der Waals surface area contributed by atoms with Crippen molar-refractivity contribution in [1.29, 1.82) is 0 Å². The summed E-state index contributed by atoms with van der Waals surface area (Å²) in [5, 5.41) is 8.14. The highest BCUT2D eigenvalue weighted by Gasteiger charge is 2.33. The smallest absolute Gasteiger partial charge is 0.195 e. The van der Waals surface area contributed by atoms with E-state index in [2.05, 4.69) is 24.3 Å². The fourth-order valence-electron chi connectivity index (χ4n) is 6.93. The summed E-state index contributed by atoms with van der Waals surface area (Å²) in [6, 6.07) is 27.8. The Morgan fingerprint density at radius 1 is 0.368 bits per heavy atom. The molecule has 7 aromatic carbocycles. The van der Waals surface area contributed by atoms with Gasteiger partial charge in [0.15, 0.2) is 11.6 Å². The second-order valence-electron chi connectivity index (χ2n) is 10.1. The minimum atomic E-state index is -0.109. The van der Waals surface area contributed by atoms with Crippen LogP contribution in [0, 0.1) is 0 Å². The van der Waals surface area contributed by atoms with Gasteiger partial charge in [0.05, 0.1) is 15.6 Å². The van der Waals surface area contributed by atoms with E-state index in [1.54, 1.807) is 0 Å². The summed E-state index contributed by atoms with van der Waals surface area (Å²) in [4.78, 5) is 27.3. The Hall–Kier alpha value is -4.24. The second kappa shape index (κ2) is 6.79. The van der Waals surface area contributed by atoms with Crippen LogP contribution in [0.15, 0.2) is 84.9 Å². The van der Waals surface area contributed by atoms with Crippen LogP contribution in [0.2, 0.25) is 10.0 Å². The van der Waals surface area contributed by atoms with E-state index < -0.39 is 0 Å². The molecule has 0 saturated carbocycles. The summed E-state index contributed by atoms with van der Waals surface area (Å²) in [5.74, 6) is -0.0823. The van der Waals surface area contributed by atoms with E-state index in [4.69, 9.17) is 23.2 Å². The molecular formula is C34H14Cl2O2. The van der Waals surface area contributed by atoms with Gasteiger partial charge in [0, 0.05) is 38.2 Å². The molecule has 38 heavy (non-hydrogen) atoms. The first kappa shape index (κ1) is 20.8. The number of benzene rings is 7. The molecule has 0 saturated heterocycles. The Morgan fingerprint density at radius 2 is 0.895 bits per heavy atom. The van der Waals surface area contributed by atoms with Crippen LogP contribution in [0.4, 0.5) is 0 Å². The highest BCUT2D eigenvalue weighted by atomic mass is 35.5. The molecule has 2 aliphatic carbocycles. The van der Waals surface area contributed by atoms with Gasteiger partial charge in [-0.05, 0) is 49.9 Å². The largest absolute Gasteiger partial charge is 0.289 e. The van der Waals surface area contributed by atoms with E-state index >= 15 is 0 Å². The molecule has 176 valence electrons. The van der Waals surface area contributed by atoms with Crippen molar-refractivity contribution >= 4 is 77.9 Å². The van der Waals surface area contributed by atoms with Crippen molar-refractivity contribution in [2.45, 2.75) is 0 Å². The quantitative estimate of drug-likeness (QED) is 0.146. The van der Waals surface area contributed by atoms with E-state index in [-0.39, 0.29) is 16.6 Å². The van der Waals surface area contributed by atoms with E-state index in [1.807, 2.05) is 60.7 Å². The van der Waals surface area contributed by atoms with Crippen molar-refractivity contribution in [2.24, 2.45) is 0 Å². The summed E-state index contributed by atoms with van der Waals surface area (Å²) >= 11 is 14.0. The topological polar surface area (TPSA) is 34.1 Å². The van der Waals surface area contributed by atoms with Crippen LogP contribution >= 0.6 is 23.2 Å². The fraction of sp³-hybridized carbons (Fsp3) is 0. The van der Waals surface area contributed by atoms with Gasteiger partial charge in [-0.1, -0.05) is 102 Å². The highest BCUT2D eigenvalue weighted by molar-refractivity contribution is 6.54. The number of carbonyl (C=O) groups is 2. The fourth-order valence-corrected chi connectivity index (χ4v) is 7.50. The van der Waals surface area contributed by atoms with Gasteiger partial charge in [0.1, 0.15) is 0 Å². The van der Waals surface area contributed by atoms with Crippen LogP contribution in [-0.4, -0.2) is 11.6 Å². The zero-order valence-electron chi connectivity index (χ0n) is 19.7. The lowest BCUT2D eigenvalue weighted by Gasteiger charge is -2.26. The number of ketones is 2. The number of carbonyl (C=O) groups excluding carboxylic acids is 2. The Bertz CT molecular complexity index is 2290. The van der Waals surface area contributed by atoms with Crippen LogP contribution in [0.25, 0.3) is 65.3 Å². The van der Waals surface area contributed by atoms with Crippen LogP contribution in [-0.2, 0) is 0 Å². The summed E-state index contributed by atoms with van der Waals surface area (Å²) in [7, 11) is 0. The number of hydrogen-bond donors (Lipinski definition) is 0. The van der Waals surface area contributed by atoms with Crippen molar-refractivity contribution < 1.29 is 9.59 Å². The van der Waals surface area contributed by atoms with Crippen LogP contribution in [0.3, 0.4) is 0 Å². The molecule has 9 rings (SSSR count). The van der Waals surface area contributed by atoms with E-state index in [1.165, 1.54) is 0 Å². The predicted molar refractivity (Wildman–Crippen MR) is 155 cm³/mol. The third-order valence-electron chi connectivity index (χ3n) is 8.45. The summed E-state index contributed by atoms with van der Waals surface area (Å²) < 4.78 is 0. The number of hydrogen-bond acceptors (Lipinski definition) is 2. The summed E-state index contributed by atoms with van der Waals surface area (Å²) in [6.45, 7) is 0. The molecule has 0 atom stereocenters. The maximum atomic E-state index is 13.7. The first-order valence-corrected chi connectivity index (χ1v) is 13.2. The molecule has 0 aliphatic heterocycles. The molecule has 0 heterocycles. The maximum Gasteiger partial charge on any atom is 0.195 e. The third kappa shape index (κ3) is 2.20.